The number of rotatable bonds is 5. The highest BCUT2D eigenvalue weighted by atomic mass is 32.2. The molecule has 0 bridgehead atoms. The van der Waals surface area contributed by atoms with Crippen LogP contribution in [-0.2, 0) is 14.6 Å². The van der Waals surface area contributed by atoms with Crippen LogP contribution in [0.4, 0.5) is 5.69 Å². The predicted molar refractivity (Wildman–Crippen MR) is 101 cm³/mol. The summed E-state index contributed by atoms with van der Waals surface area (Å²) in [6.45, 7) is 3.02. The molecule has 1 aromatic rings. The summed E-state index contributed by atoms with van der Waals surface area (Å²) in [5.41, 5.74) is 1.14. The van der Waals surface area contributed by atoms with Crippen molar-refractivity contribution in [1.82, 2.24) is 4.90 Å². The quantitative estimate of drug-likeness (QED) is 0.762. The normalized spacial score (nSPS) is 22.8. The molecule has 0 saturated carbocycles. The van der Waals surface area contributed by atoms with Crippen LogP contribution >= 0.6 is 11.8 Å². The first-order valence-electron chi connectivity index (χ1n) is 8.46. The Labute approximate surface area is 153 Å². The molecule has 2 saturated heterocycles. The van der Waals surface area contributed by atoms with E-state index in [9.17, 15) is 13.2 Å². The molecule has 3 rings (SSSR count). The maximum atomic E-state index is 12.4. The third kappa shape index (κ3) is 4.82. The van der Waals surface area contributed by atoms with Gasteiger partial charge in [0.1, 0.15) is 5.75 Å². The Kier molecular flexibility index (Phi) is 5.78. The number of carbonyl (C=O) groups excluding carboxylic acids is 1. The fourth-order valence-corrected chi connectivity index (χ4v) is 6.72. The number of methoxy groups -OCH3 is 1. The van der Waals surface area contributed by atoms with Gasteiger partial charge in [0.25, 0.3) is 0 Å². The van der Waals surface area contributed by atoms with Gasteiger partial charge in [-0.1, -0.05) is 0 Å². The summed E-state index contributed by atoms with van der Waals surface area (Å²) in [5, 5.41) is 0.0783. The zero-order valence-corrected chi connectivity index (χ0v) is 16.0. The van der Waals surface area contributed by atoms with E-state index < -0.39 is 9.84 Å². The monoisotopic (exact) mass is 384 g/mol. The number of hydrogen-bond acceptors (Lipinski definition) is 6. The van der Waals surface area contributed by atoms with Crippen molar-refractivity contribution < 1.29 is 17.9 Å². The average molecular weight is 385 g/mol. The Balaban J connectivity index is 1.44. The summed E-state index contributed by atoms with van der Waals surface area (Å²) in [4.78, 5) is 16.5. The molecule has 138 valence electrons. The molecule has 0 aliphatic carbocycles. The van der Waals surface area contributed by atoms with Gasteiger partial charge in [0.05, 0.1) is 24.4 Å². The molecule has 1 aromatic carbocycles. The lowest BCUT2D eigenvalue weighted by Crippen LogP contribution is -2.49. The molecule has 0 unspecified atom stereocenters. The van der Waals surface area contributed by atoms with Crippen molar-refractivity contribution in [2.75, 3.05) is 55.4 Å². The first-order valence-corrected chi connectivity index (χ1v) is 11.3. The Morgan fingerprint density at radius 1 is 1.20 bits per heavy atom. The summed E-state index contributed by atoms with van der Waals surface area (Å²) in [7, 11) is -1.22. The van der Waals surface area contributed by atoms with E-state index in [0.717, 1.165) is 24.5 Å². The number of hydrogen-bond donors (Lipinski definition) is 0. The van der Waals surface area contributed by atoms with E-state index >= 15 is 0 Å². The van der Waals surface area contributed by atoms with Crippen molar-refractivity contribution in [3.05, 3.63) is 24.3 Å². The molecule has 0 N–H and O–H groups in total. The highest BCUT2D eigenvalue weighted by Gasteiger charge is 2.29. The minimum absolute atomic E-state index is 0.0783. The van der Waals surface area contributed by atoms with Crippen LogP contribution in [-0.4, -0.2) is 75.0 Å². The fraction of sp³-hybridized carbons (Fsp3) is 0.588. The molecule has 6 nitrogen and oxygen atoms in total. The smallest absolute Gasteiger partial charge is 0.232 e. The van der Waals surface area contributed by atoms with E-state index in [2.05, 4.69) is 4.90 Å². The second-order valence-corrected chi connectivity index (χ2v) is 9.92. The van der Waals surface area contributed by atoms with E-state index in [1.54, 1.807) is 7.11 Å². The van der Waals surface area contributed by atoms with Gasteiger partial charge in [-0.3, -0.25) is 4.79 Å². The van der Waals surface area contributed by atoms with Crippen LogP contribution in [0.5, 0.6) is 5.75 Å². The first-order chi connectivity index (χ1) is 12.0. The van der Waals surface area contributed by atoms with Gasteiger partial charge in [-0.05, 0) is 30.7 Å². The summed E-state index contributed by atoms with van der Waals surface area (Å²) < 4.78 is 28.1. The Bertz CT molecular complexity index is 698. The zero-order chi connectivity index (χ0) is 17.9. The second kappa shape index (κ2) is 7.86. The topological polar surface area (TPSA) is 66.9 Å². The van der Waals surface area contributed by atoms with Gasteiger partial charge in [-0.15, -0.1) is 11.8 Å². The largest absolute Gasteiger partial charge is 0.497 e. The van der Waals surface area contributed by atoms with Crippen LogP contribution in [0.3, 0.4) is 0 Å². The standard InChI is InChI=1S/C17H24N2O4S2/c1-23-15-4-2-14(3-5-15)18-7-9-19(10-8-18)17(20)12-24-16-6-11-25(21,22)13-16/h2-5,16H,6-13H2,1H3/t16-/m0/s1. The maximum Gasteiger partial charge on any atom is 0.232 e. The van der Waals surface area contributed by atoms with Crippen LogP contribution in [0.25, 0.3) is 0 Å². The molecular weight excluding hydrogens is 360 g/mol. The molecule has 2 fully saturated rings. The number of amides is 1. The molecule has 2 aliphatic heterocycles. The third-order valence-electron chi connectivity index (χ3n) is 4.70. The number of piperazine rings is 1. The Morgan fingerprint density at radius 2 is 1.88 bits per heavy atom. The number of ether oxygens (including phenoxy) is 1. The minimum atomic E-state index is -2.87. The van der Waals surface area contributed by atoms with Crippen LogP contribution in [0.1, 0.15) is 6.42 Å². The summed E-state index contributed by atoms with van der Waals surface area (Å²) in [5.74, 6) is 1.81. The molecule has 0 radical (unpaired) electrons. The highest BCUT2D eigenvalue weighted by molar-refractivity contribution is 8.02. The van der Waals surface area contributed by atoms with Crippen LogP contribution in [0.15, 0.2) is 24.3 Å². The van der Waals surface area contributed by atoms with Gasteiger partial charge in [0, 0.05) is 37.1 Å². The molecular formula is C17H24N2O4S2. The van der Waals surface area contributed by atoms with Crippen LogP contribution in [0, 0.1) is 0 Å². The number of thioether (sulfide) groups is 1. The van der Waals surface area contributed by atoms with E-state index in [4.69, 9.17) is 4.74 Å². The lowest BCUT2D eigenvalue weighted by atomic mass is 10.2. The molecule has 2 aliphatic rings. The minimum Gasteiger partial charge on any atom is -0.497 e. The molecule has 25 heavy (non-hydrogen) atoms. The van der Waals surface area contributed by atoms with Gasteiger partial charge in [-0.2, -0.15) is 0 Å². The Hall–Kier alpha value is -1.41. The SMILES string of the molecule is COc1ccc(N2CCN(C(=O)CS[C@H]3CCS(=O)(=O)C3)CC2)cc1. The molecule has 0 aromatic heterocycles. The van der Waals surface area contributed by atoms with Gasteiger partial charge < -0.3 is 14.5 Å². The van der Waals surface area contributed by atoms with E-state index in [1.165, 1.54) is 11.8 Å². The van der Waals surface area contributed by atoms with Crippen molar-refractivity contribution in [3.63, 3.8) is 0 Å². The first kappa shape index (κ1) is 18.4. The predicted octanol–water partition coefficient (Wildman–Crippen LogP) is 1.26. The molecule has 8 heteroatoms. The zero-order valence-electron chi connectivity index (χ0n) is 14.4. The van der Waals surface area contributed by atoms with E-state index in [-0.39, 0.29) is 22.7 Å². The lowest BCUT2D eigenvalue weighted by molar-refractivity contribution is -0.128. The summed E-state index contributed by atoms with van der Waals surface area (Å²) in [6, 6.07) is 7.96. The van der Waals surface area contributed by atoms with Crippen molar-refractivity contribution in [2.24, 2.45) is 0 Å². The van der Waals surface area contributed by atoms with Gasteiger partial charge in [0.2, 0.25) is 5.91 Å². The number of sulfone groups is 1. The number of benzene rings is 1. The molecule has 2 heterocycles. The lowest BCUT2D eigenvalue weighted by Gasteiger charge is -2.36. The van der Waals surface area contributed by atoms with E-state index in [0.29, 0.717) is 25.3 Å². The second-order valence-electron chi connectivity index (χ2n) is 6.40. The third-order valence-corrected chi connectivity index (χ3v) is 7.97. The number of nitrogens with zero attached hydrogens (tertiary/aromatic N) is 2. The molecule has 1 amide bonds. The Morgan fingerprint density at radius 3 is 2.44 bits per heavy atom. The average Bonchev–Trinajstić information content (AvgIpc) is 2.99. The maximum absolute atomic E-state index is 12.4. The van der Waals surface area contributed by atoms with Gasteiger partial charge in [-0.25, -0.2) is 8.42 Å². The summed E-state index contributed by atoms with van der Waals surface area (Å²) >= 11 is 1.49. The summed E-state index contributed by atoms with van der Waals surface area (Å²) in [6.07, 6.45) is 0.672. The van der Waals surface area contributed by atoms with Gasteiger partial charge in [0.15, 0.2) is 9.84 Å². The van der Waals surface area contributed by atoms with Crippen molar-refractivity contribution in [1.29, 1.82) is 0 Å². The fourth-order valence-electron chi connectivity index (χ4n) is 3.18. The molecule has 0 spiro atoms. The van der Waals surface area contributed by atoms with Crippen molar-refractivity contribution in [2.45, 2.75) is 11.7 Å². The van der Waals surface area contributed by atoms with E-state index in [1.807, 2.05) is 29.2 Å². The van der Waals surface area contributed by atoms with Crippen LogP contribution in [0.2, 0.25) is 0 Å². The van der Waals surface area contributed by atoms with Crippen LogP contribution < -0.4 is 9.64 Å². The van der Waals surface area contributed by atoms with Crippen molar-refractivity contribution >= 4 is 33.2 Å². The van der Waals surface area contributed by atoms with Gasteiger partial charge >= 0.3 is 0 Å². The molecule has 1 atom stereocenters. The highest BCUT2D eigenvalue weighted by Crippen LogP contribution is 2.25. The number of anilines is 1. The number of carbonyl (C=O) groups is 1. The van der Waals surface area contributed by atoms with Crippen molar-refractivity contribution in [3.8, 4) is 5.75 Å².